The molecule has 0 bridgehead atoms. The van der Waals surface area contributed by atoms with Gasteiger partial charge in [0.05, 0.1) is 0 Å². The van der Waals surface area contributed by atoms with Crippen molar-refractivity contribution < 1.29 is 19.1 Å². The van der Waals surface area contributed by atoms with E-state index in [1.807, 2.05) is 30.3 Å². The number of aromatic nitrogens is 1. The number of carbonyl (C=O) groups is 3. The highest BCUT2D eigenvalue weighted by Gasteiger charge is 2.24. The monoisotopic (exact) mass is 397 g/mol. The van der Waals surface area contributed by atoms with Gasteiger partial charge < -0.3 is 15.0 Å². The molecule has 29 heavy (non-hydrogen) atoms. The van der Waals surface area contributed by atoms with Gasteiger partial charge in [0, 0.05) is 31.4 Å². The Morgan fingerprint density at radius 2 is 1.90 bits per heavy atom. The molecule has 154 valence electrons. The number of amides is 2. The Morgan fingerprint density at radius 1 is 1.17 bits per heavy atom. The van der Waals surface area contributed by atoms with Crippen molar-refractivity contribution in [1.82, 2.24) is 15.2 Å². The molecule has 1 aromatic carbocycles. The molecule has 0 unspecified atom stereocenters. The van der Waals surface area contributed by atoms with Crippen LogP contribution >= 0.6 is 0 Å². The number of rotatable bonds is 6. The van der Waals surface area contributed by atoms with E-state index < -0.39 is 0 Å². The second-order valence-corrected chi connectivity index (χ2v) is 6.77. The first-order chi connectivity index (χ1) is 13.7. The van der Waals surface area contributed by atoms with Crippen molar-refractivity contribution in [3.63, 3.8) is 0 Å². The molecule has 0 radical (unpaired) electrons. The van der Waals surface area contributed by atoms with Gasteiger partial charge in [-0.3, -0.25) is 14.6 Å². The Labute approximate surface area is 171 Å². The van der Waals surface area contributed by atoms with Gasteiger partial charge in [-0.15, -0.1) is 0 Å². The first-order valence-electron chi connectivity index (χ1n) is 9.31. The first kappa shape index (κ1) is 22.1. The standard InChI is InChI=1S/C21H23N3O4.CH4/c25-14-19-12-18(6-9-22-19)20(26)23-13-16-7-10-24(11-8-16)21(27)28-15-17-4-2-1-3-5-17;/h1-6,9,12,14,16H,7-8,10-11,13,15H2,(H,23,26);1H4. The topological polar surface area (TPSA) is 88.6 Å². The lowest BCUT2D eigenvalue weighted by molar-refractivity contribution is 0.0800. The number of aldehydes is 1. The Balaban J connectivity index is 0.00000300. The summed E-state index contributed by atoms with van der Waals surface area (Å²) in [4.78, 5) is 40.7. The average Bonchev–Trinajstić information content (AvgIpc) is 2.77. The highest BCUT2D eigenvalue weighted by molar-refractivity contribution is 5.95. The summed E-state index contributed by atoms with van der Waals surface area (Å²) in [5.41, 5.74) is 1.61. The van der Waals surface area contributed by atoms with Crippen molar-refractivity contribution >= 4 is 18.3 Å². The summed E-state index contributed by atoms with van der Waals surface area (Å²) >= 11 is 0. The molecule has 7 heteroatoms. The van der Waals surface area contributed by atoms with E-state index >= 15 is 0 Å². The maximum absolute atomic E-state index is 12.2. The van der Waals surface area contributed by atoms with Crippen LogP contribution in [-0.4, -0.2) is 47.8 Å². The molecule has 0 aliphatic carbocycles. The molecule has 0 saturated carbocycles. The summed E-state index contributed by atoms with van der Waals surface area (Å²) in [5.74, 6) is 0.0738. The first-order valence-corrected chi connectivity index (χ1v) is 9.31. The van der Waals surface area contributed by atoms with Gasteiger partial charge in [0.1, 0.15) is 12.3 Å². The van der Waals surface area contributed by atoms with E-state index in [0.29, 0.717) is 37.4 Å². The SMILES string of the molecule is C.O=Cc1cc(C(=O)NCC2CCN(C(=O)OCc3ccccc3)CC2)ccn1. The molecule has 1 aromatic heterocycles. The van der Waals surface area contributed by atoms with Crippen molar-refractivity contribution in [3.8, 4) is 0 Å². The zero-order valence-electron chi connectivity index (χ0n) is 15.5. The van der Waals surface area contributed by atoms with Crippen LogP contribution in [0.25, 0.3) is 0 Å². The Bertz CT molecular complexity index is 818. The largest absolute Gasteiger partial charge is 0.445 e. The maximum Gasteiger partial charge on any atom is 0.410 e. The number of hydrogen-bond donors (Lipinski definition) is 1. The van der Waals surface area contributed by atoms with Crippen LogP contribution in [0.1, 0.15) is 46.7 Å². The van der Waals surface area contributed by atoms with Gasteiger partial charge in [0.15, 0.2) is 6.29 Å². The summed E-state index contributed by atoms with van der Waals surface area (Å²) in [5, 5.41) is 2.89. The van der Waals surface area contributed by atoms with E-state index in [0.717, 1.165) is 18.4 Å². The third-order valence-corrected chi connectivity index (χ3v) is 4.79. The van der Waals surface area contributed by atoms with Crippen LogP contribution in [0.2, 0.25) is 0 Å². The summed E-state index contributed by atoms with van der Waals surface area (Å²) in [7, 11) is 0. The summed E-state index contributed by atoms with van der Waals surface area (Å²) < 4.78 is 5.36. The number of nitrogens with zero attached hydrogens (tertiary/aromatic N) is 2. The molecule has 1 N–H and O–H groups in total. The molecule has 3 rings (SSSR count). The van der Waals surface area contributed by atoms with Crippen molar-refractivity contribution in [3.05, 3.63) is 65.5 Å². The Morgan fingerprint density at radius 3 is 2.59 bits per heavy atom. The van der Waals surface area contributed by atoms with Gasteiger partial charge in [0.25, 0.3) is 5.91 Å². The minimum Gasteiger partial charge on any atom is -0.445 e. The molecule has 2 amide bonds. The average molecular weight is 397 g/mol. The van der Waals surface area contributed by atoms with Crippen molar-refractivity contribution in [2.45, 2.75) is 26.9 Å². The van der Waals surface area contributed by atoms with Gasteiger partial charge >= 0.3 is 6.09 Å². The third-order valence-electron chi connectivity index (χ3n) is 4.79. The van der Waals surface area contributed by atoms with Crippen molar-refractivity contribution in [2.24, 2.45) is 5.92 Å². The number of piperidine rings is 1. The number of carbonyl (C=O) groups excluding carboxylic acids is 3. The second kappa shape index (κ2) is 10.9. The fourth-order valence-corrected chi connectivity index (χ4v) is 3.12. The Hall–Kier alpha value is -3.22. The zero-order chi connectivity index (χ0) is 19.8. The highest BCUT2D eigenvalue weighted by Crippen LogP contribution is 2.18. The quantitative estimate of drug-likeness (QED) is 0.756. The predicted molar refractivity (Wildman–Crippen MR) is 110 cm³/mol. The van der Waals surface area contributed by atoms with E-state index in [1.54, 1.807) is 11.0 Å². The van der Waals surface area contributed by atoms with E-state index in [1.165, 1.54) is 12.3 Å². The van der Waals surface area contributed by atoms with Crippen LogP contribution in [0.5, 0.6) is 0 Å². The molecule has 1 aliphatic heterocycles. The molecule has 1 fully saturated rings. The van der Waals surface area contributed by atoms with Gasteiger partial charge in [-0.05, 0) is 36.5 Å². The Kier molecular flexibility index (Phi) is 8.33. The molecule has 0 atom stereocenters. The fourth-order valence-electron chi connectivity index (χ4n) is 3.12. The lowest BCUT2D eigenvalue weighted by Gasteiger charge is -2.31. The van der Waals surface area contributed by atoms with Crippen LogP contribution in [-0.2, 0) is 11.3 Å². The molecular weight excluding hydrogens is 370 g/mol. The summed E-state index contributed by atoms with van der Waals surface area (Å²) in [6, 6.07) is 12.6. The zero-order valence-corrected chi connectivity index (χ0v) is 15.5. The van der Waals surface area contributed by atoms with Crippen LogP contribution in [0, 0.1) is 5.92 Å². The lowest BCUT2D eigenvalue weighted by atomic mass is 9.97. The van der Waals surface area contributed by atoms with E-state index in [2.05, 4.69) is 10.3 Å². The minimum atomic E-state index is -0.301. The summed E-state index contributed by atoms with van der Waals surface area (Å²) in [6.45, 7) is 2.02. The lowest BCUT2D eigenvalue weighted by Crippen LogP contribution is -2.41. The molecule has 0 spiro atoms. The van der Waals surface area contributed by atoms with Gasteiger partial charge in [-0.25, -0.2) is 4.79 Å². The van der Waals surface area contributed by atoms with E-state index in [-0.39, 0.29) is 31.7 Å². The number of benzene rings is 1. The van der Waals surface area contributed by atoms with Crippen molar-refractivity contribution in [2.75, 3.05) is 19.6 Å². The molecule has 2 aromatic rings. The predicted octanol–water partition coefficient (Wildman–Crippen LogP) is 3.31. The minimum absolute atomic E-state index is 0. The number of likely N-dealkylation sites (tertiary alicyclic amines) is 1. The van der Waals surface area contributed by atoms with Crippen molar-refractivity contribution in [1.29, 1.82) is 0 Å². The number of pyridine rings is 1. The molecule has 7 nitrogen and oxygen atoms in total. The fraction of sp³-hybridized carbons (Fsp3) is 0.364. The number of hydrogen-bond acceptors (Lipinski definition) is 5. The third kappa shape index (κ3) is 6.41. The number of ether oxygens (including phenoxy) is 1. The van der Waals surface area contributed by atoms with Crippen LogP contribution in [0.4, 0.5) is 4.79 Å². The van der Waals surface area contributed by atoms with E-state index in [9.17, 15) is 14.4 Å². The van der Waals surface area contributed by atoms with Crippen LogP contribution < -0.4 is 5.32 Å². The molecule has 1 aliphatic rings. The molecule has 1 saturated heterocycles. The maximum atomic E-state index is 12.2. The summed E-state index contributed by atoms with van der Waals surface area (Å²) in [6.07, 6.45) is 3.36. The van der Waals surface area contributed by atoms with E-state index in [4.69, 9.17) is 4.74 Å². The second-order valence-electron chi connectivity index (χ2n) is 6.77. The normalized spacial score (nSPS) is 13.9. The molecule has 2 heterocycles. The highest BCUT2D eigenvalue weighted by atomic mass is 16.6. The van der Waals surface area contributed by atoms with Gasteiger partial charge in [0.2, 0.25) is 0 Å². The smallest absolute Gasteiger partial charge is 0.410 e. The van der Waals surface area contributed by atoms with Gasteiger partial charge in [-0.2, -0.15) is 0 Å². The van der Waals surface area contributed by atoms with Gasteiger partial charge in [-0.1, -0.05) is 37.8 Å². The molecular formula is C22H27N3O4. The number of nitrogens with one attached hydrogen (secondary N) is 1. The van der Waals surface area contributed by atoms with Crippen LogP contribution in [0.15, 0.2) is 48.7 Å². The van der Waals surface area contributed by atoms with Crippen LogP contribution in [0.3, 0.4) is 0 Å².